The lowest BCUT2D eigenvalue weighted by Gasteiger charge is -2.34. The highest BCUT2D eigenvalue weighted by molar-refractivity contribution is 8.00. The maximum absolute atomic E-state index is 13.6. The lowest BCUT2D eigenvalue weighted by atomic mass is 9.97. The molecule has 2 fully saturated rings. The fourth-order valence-corrected chi connectivity index (χ4v) is 6.48. The van der Waals surface area contributed by atoms with Gasteiger partial charge in [0.05, 0.1) is 18.7 Å². The third-order valence-corrected chi connectivity index (χ3v) is 8.04. The molecule has 0 bridgehead atoms. The molecule has 0 aromatic heterocycles. The van der Waals surface area contributed by atoms with E-state index in [-0.39, 0.29) is 24.1 Å². The number of ether oxygens (including phenoxy) is 1. The second kappa shape index (κ2) is 11.3. The van der Waals surface area contributed by atoms with Gasteiger partial charge in [-0.2, -0.15) is 0 Å². The lowest BCUT2D eigenvalue weighted by Crippen LogP contribution is -2.48. The normalized spacial score (nSPS) is 23.9. The van der Waals surface area contributed by atoms with E-state index in [0.717, 1.165) is 17.5 Å². The number of amides is 2. The first-order valence-corrected chi connectivity index (χ1v) is 13.2. The van der Waals surface area contributed by atoms with Crippen molar-refractivity contribution in [3.05, 3.63) is 71.8 Å². The second-order valence-corrected chi connectivity index (χ2v) is 10.4. The lowest BCUT2D eigenvalue weighted by molar-refractivity contribution is -0.143. The Morgan fingerprint density at radius 1 is 1.03 bits per heavy atom. The summed E-state index contributed by atoms with van der Waals surface area (Å²) in [6, 6.07) is 19.6. The first-order chi connectivity index (χ1) is 16.5. The first kappa shape index (κ1) is 24.6. The summed E-state index contributed by atoms with van der Waals surface area (Å²) in [5, 5.41) is 11.7. The molecule has 0 spiro atoms. The average Bonchev–Trinajstić information content (AvgIpc) is 3.32. The first-order valence-electron chi connectivity index (χ1n) is 12.2. The minimum absolute atomic E-state index is 0.0235. The van der Waals surface area contributed by atoms with Gasteiger partial charge in [0.15, 0.2) is 0 Å². The van der Waals surface area contributed by atoms with Crippen molar-refractivity contribution in [1.82, 2.24) is 9.80 Å². The molecule has 2 aromatic carbocycles. The number of rotatable bonds is 11. The van der Waals surface area contributed by atoms with Crippen LogP contribution in [-0.4, -0.2) is 56.3 Å². The zero-order valence-corrected chi connectivity index (χ0v) is 20.6. The molecule has 7 heteroatoms. The number of fused-ring (bicyclic) bond motifs is 1. The molecule has 3 atom stereocenters. The van der Waals surface area contributed by atoms with Gasteiger partial charge in [-0.1, -0.05) is 67.6 Å². The Morgan fingerprint density at radius 3 is 2.26 bits per heavy atom. The molecular formula is C27H34N2O4S. The minimum atomic E-state index is -1.03. The number of esters is 1. The molecule has 2 amide bonds. The molecule has 0 saturated carbocycles. The van der Waals surface area contributed by atoms with Gasteiger partial charge in [0.25, 0.3) is 0 Å². The van der Waals surface area contributed by atoms with Gasteiger partial charge in [-0.25, -0.2) is 4.79 Å². The van der Waals surface area contributed by atoms with Crippen LogP contribution in [-0.2, 0) is 22.6 Å². The van der Waals surface area contributed by atoms with Crippen LogP contribution in [0.3, 0.4) is 0 Å². The predicted molar refractivity (Wildman–Crippen MR) is 134 cm³/mol. The van der Waals surface area contributed by atoms with Crippen molar-refractivity contribution in [1.29, 1.82) is 0 Å². The molecule has 1 N–H and O–H groups in total. The van der Waals surface area contributed by atoms with E-state index in [4.69, 9.17) is 4.74 Å². The number of unbranched alkanes of at least 4 members (excludes halogenated alkanes) is 1. The summed E-state index contributed by atoms with van der Waals surface area (Å²) in [5.74, 6) is 0.519. The van der Waals surface area contributed by atoms with Crippen molar-refractivity contribution in [2.24, 2.45) is 0 Å². The summed E-state index contributed by atoms with van der Waals surface area (Å²) >= 11 is 1.54. The Labute approximate surface area is 206 Å². The number of urea groups is 1. The summed E-state index contributed by atoms with van der Waals surface area (Å²) < 4.78 is 5.16. The van der Waals surface area contributed by atoms with Gasteiger partial charge in [0.1, 0.15) is 4.93 Å². The van der Waals surface area contributed by atoms with Crippen LogP contribution >= 0.6 is 11.8 Å². The van der Waals surface area contributed by atoms with Gasteiger partial charge >= 0.3 is 12.0 Å². The average molecular weight is 483 g/mol. The fourth-order valence-electron chi connectivity index (χ4n) is 4.91. The van der Waals surface area contributed by atoms with E-state index >= 15 is 0 Å². The molecule has 2 aromatic rings. The number of carbonyl (C=O) groups excluding carboxylic acids is 2. The molecule has 3 unspecified atom stereocenters. The molecule has 4 rings (SSSR count). The Bertz CT molecular complexity index is 958. The number of thioether (sulfide) groups is 1. The molecule has 2 saturated heterocycles. The Morgan fingerprint density at radius 2 is 1.65 bits per heavy atom. The molecule has 2 heterocycles. The van der Waals surface area contributed by atoms with Crippen molar-refractivity contribution in [3.8, 4) is 0 Å². The monoisotopic (exact) mass is 482 g/mol. The molecule has 0 radical (unpaired) electrons. The minimum Gasteiger partial charge on any atom is -0.466 e. The van der Waals surface area contributed by atoms with Gasteiger partial charge in [-0.15, -0.1) is 11.8 Å². The van der Waals surface area contributed by atoms with Gasteiger partial charge in [-0.05, 0) is 36.8 Å². The molecule has 0 aliphatic carbocycles. The molecule has 182 valence electrons. The zero-order chi connectivity index (χ0) is 24.0. The number of aliphatic hydroxyl groups is 1. The maximum atomic E-state index is 13.6. The van der Waals surface area contributed by atoms with E-state index < -0.39 is 4.93 Å². The standard InChI is InChI=1S/C27H34N2O4S/c1-2-17-33-24(30)15-9-10-16-27(32)25-23(20-34-27)28(18-21-11-5-3-6-12-21)26(31)29(25)19-22-13-7-4-8-14-22/h3-8,11-14,23,25,32H,2,9-10,15-20H2,1H3. The van der Waals surface area contributed by atoms with Crippen LogP contribution in [0.5, 0.6) is 0 Å². The van der Waals surface area contributed by atoms with Gasteiger partial charge in [-0.3, -0.25) is 4.79 Å². The number of nitrogens with zero attached hydrogens (tertiary/aromatic N) is 2. The van der Waals surface area contributed by atoms with Crippen LogP contribution < -0.4 is 0 Å². The van der Waals surface area contributed by atoms with Crippen LogP contribution in [0.1, 0.15) is 50.2 Å². The van der Waals surface area contributed by atoms with Gasteiger partial charge in [0, 0.05) is 25.3 Å². The Balaban J connectivity index is 1.48. The van der Waals surface area contributed by atoms with E-state index in [9.17, 15) is 14.7 Å². The van der Waals surface area contributed by atoms with Crippen LogP contribution in [0.4, 0.5) is 4.79 Å². The third-order valence-electron chi connectivity index (χ3n) is 6.58. The smallest absolute Gasteiger partial charge is 0.321 e. The van der Waals surface area contributed by atoms with E-state index in [1.165, 1.54) is 0 Å². The Hall–Kier alpha value is -2.51. The summed E-state index contributed by atoms with van der Waals surface area (Å²) in [6.45, 7) is 3.43. The van der Waals surface area contributed by atoms with Crippen LogP contribution in [0.25, 0.3) is 0 Å². The van der Waals surface area contributed by atoms with E-state index in [1.54, 1.807) is 11.8 Å². The van der Waals surface area contributed by atoms with Gasteiger partial charge < -0.3 is 19.6 Å². The molecular weight excluding hydrogens is 448 g/mol. The van der Waals surface area contributed by atoms with Crippen molar-refractivity contribution in [3.63, 3.8) is 0 Å². The van der Waals surface area contributed by atoms with Crippen molar-refractivity contribution >= 4 is 23.8 Å². The molecule has 34 heavy (non-hydrogen) atoms. The number of hydrogen-bond donors (Lipinski definition) is 1. The topological polar surface area (TPSA) is 70.1 Å². The number of carbonyl (C=O) groups is 2. The quantitative estimate of drug-likeness (QED) is 0.283. The van der Waals surface area contributed by atoms with E-state index in [0.29, 0.717) is 51.1 Å². The van der Waals surface area contributed by atoms with E-state index in [1.807, 2.05) is 77.4 Å². The summed E-state index contributed by atoms with van der Waals surface area (Å²) in [4.78, 5) is 28.2. The largest absolute Gasteiger partial charge is 0.466 e. The third kappa shape index (κ3) is 5.58. The zero-order valence-electron chi connectivity index (χ0n) is 19.8. The van der Waals surface area contributed by atoms with Gasteiger partial charge in [0.2, 0.25) is 0 Å². The number of benzene rings is 2. The summed E-state index contributed by atoms with van der Waals surface area (Å²) in [6.07, 6.45) is 3.10. The molecule has 2 aliphatic rings. The van der Waals surface area contributed by atoms with Crippen molar-refractivity contribution < 1.29 is 19.4 Å². The summed E-state index contributed by atoms with van der Waals surface area (Å²) in [5.41, 5.74) is 2.14. The van der Waals surface area contributed by atoms with Crippen LogP contribution in [0.2, 0.25) is 0 Å². The second-order valence-electron chi connectivity index (χ2n) is 9.11. The highest BCUT2D eigenvalue weighted by Gasteiger charge is 2.59. The summed E-state index contributed by atoms with van der Waals surface area (Å²) in [7, 11) is 0. The SMILES string of the molecule is CCCOC(=O)CCCCC1(O)SCC2C1N(Cc1ccccc1)C(=O)N2Cc1ccccc1. The van der Waals surface area contributed by atoms with Crippen molar-refractivity contribution in [2.45, 2.75) is 69.1 Å². The molecule has 2 aliphatic heterocycles. The number of hydrogen-bond acceptors (Lipinski definition) is 5. The maximum Gasteiger partial charge on any atom is 0.321 e. The van der Waals surface area contributed by atoms with Crippen LogP contribution in [0, 0.1) is 0 Å². The molecule has 6 nitrogen and oxygen atoms in total. The highest BCUT2D eigenvalue weighted by atomic mass is 32.2. The predicted octanol–water partition coefficient (Wildman–Crippen LogP) is 4.81. The van der Waals surface area contributed by atoms with E-state index in [2.05, 4.69) is 0 Å². The van der Waals surface area contributed by atoms with Crippen molar-refractivity contribution in [2.75, 3.05) is 12.4 Å². The Kier molecular flexibility index (Phi) is 8.16. The highest BCUT2D eigenvalue weighted by Crippen LogP contribution is 2.48. The fraction of sp³-hybridized carbons (Fsp3) is 0.481. The van der Waals surface area contributed by atoms with Crippen LogP contribution in [0.15, 0.2) is 60.7 Å².